The molecule has 1 aliphatic heterocycles. The molecular formula is C30H30F3NO5S. The zero-order chi connectivity index (χ0) is 28.6. The lowest BCUT2D eigenvalue weighted by Crippen LogP contribution is -2.45. The van der Waals surface area contributed by atoms with Crippen LogP contribution in [0.15, 0.2) is 65.6 Å². The van der Waals surface area contributed by atoms with E-state index in [2.05, 4.69) is 4.74 Å². The molecule has 0 N–H and O–H groups in total. The summed E-state index contributed by atoms with van der Waals surface area (Å²) in [6.07, 6.45) is 2.61. The highest BCUT2D eigenvalue weighted by molar-refractivity contribution is 7.92. The number of nitrogens with zero attached hydrogens (tertiary/aromatic N) is 1. The molecule has 0 radical (unpaired) electrons. The lowest BCUT2D eigenvalue weighted by atomic mass is 9.70. The van der Waals surface area contributed by atoms with Crippen LogP contribution in [0.25, 0.3) is 11.1 Å². The zero-order valence-electron chi connectivity index (χ0n) is 22.1. The summed E-state index contributed by atoms with van der Waals surface area (Å²) in [7, 11) is -4.00. The van der Waals surface area contributed by atoms with E-state index in [0.717, 1.165) is 24.5 Å². The number of fused-ring (bicyclic) bond motifs is 1. The van der Waals surface area contributed by atoms with Gasteiger partial charge in [-0.3, -0.25) is 4.31 Å². The summed E-state index contributed by atoms with van der Waals surface area (Å²) in [5, 5.41) is 0. The highest BCUT2D eigenvalue weighted by Gasteiger charge is 2.38. The van der Waals surface area contributed by atoms with Gasteiger partial charge in [0.15, 0.2) is 0 Å². The van der Waals surface area contributed by atoms with Crippen LogP contribution in [-0.4, -0.2) is 33.5 Å². The van der Waals surface area contributed by atoms with E-state index < -0.39 is 28.6 Å². The first kappa shape index (κ1) is 28.0. The van der Waals surface area contributed by atoms with Crippen molar-refractivity contribution in [3.8, 4) is 22.6 Å². The number of rotatable bonds is 9. The summed E-state index contributed by atoms with van der Waals surface area (Å²) < 4.78 is 79.6. The fraction of sp³-hybridized carbons (Fsp3) is 0.367. The number of hydrogen-bond donors (Lipinski definition) is 0. The summed E-state index contributed by atoms with van der Waals surface area (Å²) in [6.45, 7) is 0.355. The average molecular weight is 574 g/mol. The first-order valence-electron chi connectivity index (χ1n) is 13.1. The summed E-state index contributed by atoms with van der Waals surface area (Å²) in [5.74, 6) is 0.111. The maximum Gasteiger partial charge on any atom is 0.387 e. The van der Waals surface area contributed by atoms with Gasteiger partial charge in [0.2, 0.25) is 0 Å². The normalized spacial score (nSPS) is 20.4. The Kier molecular flexibility index (Phi) is 7.81. The molecular weight excluding hydrogens is 543 g/mol. The molecule has 40 heavy (non-hydrogen) atoms. The van der Waals surface area contributed by atoms with Gasteiger partial charge in [-0.1, -0.05) is 18.2 Å². The largest absolute Gasteiger partial charge is 0.486 e. The van der Waals surface area contributed by atoms with Crippen LogP contribution in [0.5, 0.6) is 11.5 Å². The van der Waals surface area contributed by atoms with E-state index in [9.17, 15) is 26.4 Å². The fourth-order valence-electron chi connectivity index (χ4n) is 5.66. The molecule has 1 aliphatic carbocycles. The molecule has 0 bridgehead atoms. The fourth-order valence-corrected chi connectivity index (χ4v) is 7.26. The van der Waals surface area contributed by atoms with Gasteiger partial charge in [0.25, 0.3) is 10.0 Å². The van der Waals surface area contributed by atoms with Crippen LogP contribution in [0.1, 0.15) is 38.2 Å². The maximum absolute atomic E-state index is 14.3. The lowest BCUT2D eigenvalue weighted by molar-refractivity contribution is -0.118. The van der Waals surface area contributed by atoms with Gasteiger partial charge >= 0.3 is 6.61 Å². The molecule has 1 fully saturated rings. The third kappa shape index (κ3) is 6.11. The monoisotopic (exact) mass is 573 g/mol. The van der Waals surface area contributed by atoms with Crippen LogP contribution >= 0.6 is 0 Å². The Morgan fingerprint density at radius 2 is 1.82 bits per heavy atom. The molecule has 2 aliphatic rings. The highest BCUT2D eigenvalue weighted by atomic mass is 32.2. The number of carbonyl (C=O) groups excluding carboxylic acids is 1. The van der Waals surface area contributed by atoms with Crippen molar-refractivity contribution in [3.05, 3.63) is 72.0 Å². The minimum absolute atomic E-state index is 0.0729. The lowest BCUT2D eigenvalue weighted by Gasteiger charge is -2.41. The number of benzene rings is 3. The topological polar surface area (TPSA) is 72.9 Å². The molecule has 3 aromatic rings. The summed E-state index contributed by atoms with van der Waals surface area (Å²) >= 11 is 0. The molecule has 1 saturated carbocycles. The van der Waals surface area contributed by atoms with E-state index >= 15 is 0 Å². The van der Waals surface area contributed by atoms with Gasteiger partial charge in [-0.15, -0.1) is 0 Å². The Morgan fingerprint density at radius 1 is 1.05 bits per heavy atom. The minimum Gasteiger partial charge on any atom is -0.486 e. The van der Waals surface area contributed by atoms with Crippen molar-refractivity contribution >= 4 is 21.5 Å². The summed E-state index contributed by atoms with van der Waals surface area (Å²) in [4.78, 5) is 11.6. The number of aryl methyl sites for hydroxylation is 1. The molecule has 3 aromatic carbocycles. The van der Waals surface area contributed by atoms with Crippen molar-refractivity contribution in [1.29, 1.82) is 0 Å². The Hall–Kier alpha value is -3.53. The number of hydrogen-bond acceptors (Lipinski definition) is 5. The van der Waals surface area contributed by atoms with Gasteiger partial charge in [0.1, 0.15) is 29.2 Å². The van der Waals surface area contributed by atoms with Crippen LogP contribution < -0.4 is 13.8 Å². The van der Waals surface area contributed by atoms with E-state index in [1.54, 1.807) is 37.3 Å². The highest BCUT2D eigenvalue weighted by Crippen LogP contribution is 2.44. The van der Waals surface area contributed by atoms with Gasteiger partial charge in [-0.05, 0) is 98.0 Å². The summed E-state index contributed by atoms with van der Waals surface area (Å²) in [6, 6.07) is 14.7. The van der Waals surface area contributed by atoms with Gasteiger partial charge in [0, 0.05) is 12.5 Å². The second-order valence-corrected chi connectivity index (χ2v) is 12.5. The second kappa shape index (κ2) is 11.2. The number of carbonyl (C=O) groups is 1. The summed E-state index contributed by atoms with van der Waals surface area (Å²) in [5.41, 5.74) is 1.73. The Balaban J connectivity index is 1.49. The van der Waals surface area contributed by atoms with E-state index in [-0.39, 0.29) is 34.2 Å². The Bertz CT molecular complexity index is 1520. The van der Waals surface area contributed by atoms with E-state index in [0.29, 0.717) is 36.0 Å². The van der Waals surface area contributed by atoms with E-state index in [1.807, 2.05) is 13.0 Å². The van der Waals surface area contributed by atoms with Crippen LogP contribution in [0.2, 0.25) is 0 Å². The molecule has 5 rings (SSSR count). The number of alkyl halides is 2. The number of ether oxygens (including phenoxy) is 2. The minimum atomic E-state index is -4.00. The quantitative estimate of drug-likeness (QED) is 0.283. The van der Waals surface area contributed by atoms with Crippen LogP contribution in [0, 0.1) is 24.6 Å². The Morgan fingerprint density at radius 3 is 2.52 bits per heavy atom. The number of halogens is 3. The van der Waals surface area contributed by atoms with Gasteiger partial charge < -0.3 is 14.3 Å². The van der Waals surface area contributed by atoms with Crippen molar-refractivity contribution in [2.45, 2.75) is 57.1 Å². The van der Waals surface area contributed by atoms with Crippen LogP contribution in [-0.2, 0) is 14.8 Å². The van der Waals surface area contributed by atoms with E-state index in [1.165, 1.54) is 22.5 Å². The molecule has 0 spiro atoms. The number of sulfonamides is 1. The molecule has 1 heterocycles. The van der Waals surface area contributed by atoms with Crippen molar-refractivity contribution in [3.63, 3.8) is 0 Å². The Labute approximate surface area is 231 Å². The SMILES string of the molecule is CC(=O)CC1CC(C[C@H]2CN(S(=O)(=O)c3cccc(C)c3)c3cc(-c4cc(F)cc(OC(F)F)c4)ccc3O2)C1. The van der Waals surface area contributed by atoms with Crippen molar-refractivity contribution < 1.29 is 35.9 Å². The first-order valence-corrected chi connectivity index (χ1v) is 14.6. The van der Waals surface area contributed by atoms with Crippen LogP contribution in [0.4, 0.5) is 18.9 Å². The number of anilines is 1. The zero-order valence-corrected chi connectivity index (χ0v) is 23.0. The third-order valence-electron chi connectivity index (χ3n) is 7.40. The van der Waals surface area contributed by atoms with Crippen molar-refractivity contribution in [2.75, 3.05) is 10.8 Å². The first-order chi connectivity index (χ1) is 19.0. The molecule has 6 nitrogen and oxygen atoms in total. The standard InChI is InChI=1S/C30H30F3NO5S/c1-18-4-3-5-27(8-18)40(36,37)34-17-26(12-21-10-20(11-21)9-19(2)35)38-29-7-6-22(15-28(29)34)23-13-24(31)16-25(14-23)39-30(32)33/h3-8,13-16,20-21,26,30H,9-12,17H2,1-2H3/t20?,21?,26-/m0/s1. The molecule has 0 saturated heterocycles. The third-order valence-corrected chi connectivity index (χ3v) is 9.18. The predicted molar refractivity (Wildman–Crippen MR) is 145 cm³/mol. The molecule has 0 unspecified atom stereocenters. The van der Waals surface area contributed by atoms with E-state index in [4.69, 9.17) is 4.74 Å². The molecule has 1 atom stereocenters. The molecule has 0 amide bonds. The van der Waals surface area contributed by atoms with Crippen molar-refractivity contribution in [1.82, 2.24) is 0 Å². The average Bonchev–Trinajstić information content (AvgIpc) is 2.85. The van der Waals surface area contributed by atoms with Gasteiger partial charge in [-0.2, -0.15) is 8.78 Å². The predicted octanol–water partition coefficient (Wildman–Crippen LogP) is 6.75. The smallest absolute Gasteiger partial charge is 0.387 e. The van der Waals surface area contributed by atoms with Gasteiger partial charge in [0.05, 0.1) is 17.1 Å². The van der Waals surface area contributed by atoms with Crippen molar-refractivity contribution in [2.24, 2.45) is 11.8 Å². The van der Waals surface area contributed by atoms with Gasteiger partial charge in [-0.25, -0.2) is 12.8 Å². The molecule has 0 aromatic heterocycles. The number of ketones is 1. The maximum atomic E-state index is 14.3. The van der Waals surface area contributed by atoms with Crippen LogP contribution in [0.3, 0.4) is 0 Å². The molecule has 10 heteroatoms. The molecule has 212 valence electrons. The second-order valence-electron chi connectivity index (χ2n) is 10.7. The number of Topliss-reactive ketones (excluding diaryl/α,β-unsaturated/α-hetero) is 1.